The number of rotatable bonds is 5. The van der Waals surface area contributed by atoms with Crippen molar-refractivity contribution >= 4 is 5.97 Å². The van der Waals surface area contributed by atoms with Crippen molar-refractivity contribution in [1.82, 2.24) is 4.90 Å². The summed E-state index contributed by atoms with van der Waals surface area (Å²) in [7, 11) is 0. The number of hydrogen-bond acceptors (Lipinski definition) is 3. The molecular weight excluding hydrogens is 168 g/mol. The van der Waals surface area contributed by atoms with Crippen LogP contribution in [-0.4, -0.2) is 34.6 Å². The Kier molecular flexibility index (Phi) is 5.09. The van der Waals surface area contributed by atoms with Crippen molar-refractivity contribution in [2.75, 3.05) is 6.54 Å². The van der Waals surface area contributed by atoms with Crippen LogP contribution in [0.4, 0.5) is 0 Å². The molecule has 0 spiro atoms. The molecule has 0 saturated carbocycles. The van der Waals surface area contributed by atoms with Crippen molar-refractivity contribution in [3.05, 3.63) is 0 Å². The zero-order valence-corrected chi connectivity index (χ0v) is 8.32. The molecule has 0 amide bonds. The molecule has 0 aliphatic heterocycles. The standard InChI is InChI=1S/C9H16N2O2/c1-4-7(2)11(6-9(12)13)8(3)5-10/h7-8H,4,6H2,1-3H3,(H,12,13). The number of nitrogens with zero attached hydrogens (tertiary/aromatic N) is 2. The molecule has 0 rings (SSSR count). The van der Waals surface area contributed by atoms with E-state index in [0.717, 1.165) is 6.42 Å². The second-order valence-corrected chi connectivity index (χ2v) is 3.13. The smallest absolute Gasteiger partial charge is 0.317 e. The van der Waals surface area contributed by atoms with Crippen molar-refractivity contribution in [2.24, 2.45) is 0 Å². The van der Waals surface area contributed by atoms with E-state index in [1.807, 2.05) is 19.9 Å². The van der Waals surface area contributed by atoms with Gasteiger partial charge in [-0.3, -0.25) is 9.69 Å². The predicted molar refractivity (Wildman–Crippen MR) is 49.2 cm³/mol. The molecule has 2 unspecified atom stereocenters. The van der Waals surface area contributed by atoms with Gasteiger partial charge in [-0.1, -0.05) is 6.92 Å². The fraction of sp³-hybridized carbons (Fsp3) is 0.778. The Morgan fingerprint density at radius 3 is 2.46 bits per heavy atom. The van der Waals surface area contributed by atoms with E-state index in [2.05, 4.69) is 0 Å². The van der Waals surface area contributed by atoms with Crippen molar-refractivity contribution < 1.29 is 9.90 Å². The summed E-state index contributed by atoms with van der Waals surface area (Å²) in [4.78, 5) is 12.2. The highest BCUT2D eigenvalue weighted by Gasteiger charge is 2.20. The Hall–Kier alpha value is -1.08. The van der Waals surface area contributed by atoms with E-state index >= 15 is 0 Å². The van der Waals surface area contributed by atoms with E-state index in [1.54, 1.807) is 11.8 Å². The highest BCUT2D eigenvalue weighted by atomic mass is 16.4. The molecule has 13 heavy (non-hydrogen) atoms. The normalized spacial score (nSPS) is 15.0. The summed E-state index contributed by atoms with van der Waals surface area (Å²) in [6.07, 6.45) is 0.847. The molecule has 0 aromatic heterocycles. The van der Waals surface area contributed by atoms with Gasteiger partial charge in [-0.2, -0.15) is 5.26 Å². The Morgan fingerprint density at radius 2 is 2.15 bits per heavy atom. The van der Waals surface area contributed by atoms with E-state index in [0.29, 0.717) is 0 Å². The number of aliphatic carboxylic acids is 1. The molecule has 74 valence electrons. The van der Waals surface area contributed by atoms with Gasteiger partial charge in [0.1, 0.15) is 0 Å². The first-order valence-electron chi connectivity index (χ1n) is 4.40. The zero-order valence-electron chi connectivity index (χ0n) is 8.32. The van der Waals surface area contributed by atoms with Gasteiger partial charge in [0.05, 0.1) is 18.7 Å². The highest BCUT2D eigenvalue weighted by Crippen LogP contribution is 2.07. The second kappa shape index (κ2) is 5.55. The van der Waals surface area contributed by atoms with Gasteiger partial charge in [0.25, 0.3) is 0 Å². The maximum Gasteiger partial charge on any atom is 0.317 e. The Balaban J connectivity index is 4.37. The van der Waals surface area contributed by atoms with E-state index in [1.165, 1.54) is 0 Å². The van der Waals surface area contributed by atoms with Crippen molar-refractivity contribution in [1.29, 1.82) is 5.26 Å². The lowest BCUT2D eigenvalue weighted by atomic mass is 10.1. The molecule has 0 aliphatic carbocycles. The van der Waals surface area contributed by atoms with Crippen LogP contribution in [0.25, 0.3) is 0 Å². The zero-order chi connectivity index (χ0) is 10.4. The van der Waals surface area contributed by atoms with Crippen LogP contribution in [0.1, 0.15) is 27.2 Å². The maximum atomic E-state index is 10.5. The van der Waals surface area contributed by atoms with Crippen LogP contribution in [-0.2, 0) is 4.79 Å². The van der Waals surface area contributed by atoms with Gasteiger partial charge >= 0.3 is 5.97 Å². The van der Waals surface area contributed by atoms with Crippen molar-refractivity contribution in [2.45, 2.75) is 39.3 Å². The van der Waals surface area contributed by atoms with E-state index in [-0.39, 0.29) is 18.6 Å². The van der Waals surface area contributed by atoms with Crippen LogP contribution in [0.15, 0.2) is 0 Å². The van der Waals surface area contributed by atoms with Crippen LogP contribution in [0, 0.1) is 11.3 Å². The van der Waals surface area contributed by atoms with Crippen LogP contribution >= 0.6 is 0 Å². The summed E-state index contributed by atoms with van der Waals surface area (Å²) in [5, 5.41) is 17.3. The Morgan fingerprint density at radius 1 is 1.62 bits per heavy atom. The fourth-order valence-electron chi connectivity index (χ4n) is 1.14. The molecule has 1 N–H and O–H groups in total. The third-order valence-electron chi connectivity index (χ3n) is 2.16. The molecule has 0 heterocycles. The topological polar surface area (TPSA) is 64.3 Å². The lowest BCUT2D eigenvalue weighted by Crippen LogP contribution is -2.42. The molecule has 0 bridgehead atoms. The van der Waals surface area contributed by atoms with Gasteiger partial charge in [-0.25, -0.2) is 0 Å². The molecule has 0 fully saturated rings. The number of carbonyl (C=O) groups is 1. The average molecular weight is 184 g/mol. The predicted octanol–water partition coefficient (Wildman–Crippen LogP) is 1.08. The Labute approximate surface area is 78.8 Å². The first kappa shape index (κ1) is 11.9. The third kappa shape index (κ3) is 3.90. The minimum atomic E-state index is -0.887. The molecule has 0 aromatic carbocycles. The molecule has 0 aromatic rings. The van der Waals surface area contributed by atoms with E-state index in [9.17, 15) is 4.79 Å². The number of hydrogen-bond donors (Lipinski definition) is 1. The summed E-state index contributed by atoms with van der Waals surface area (Å²) in [5.41, 5.74) is 0. The van der Waals surface area contributed by atoms with Gasteiger partial charge in [0.2, 0.25) is 0 Å². The van der Waals surface area contributed by atoms with Gasteiger partial charge in [0.15, 0.2) is 0 Å². The summed E-state index contributed by atoms with van der Waals surface area (Å²) < 4.78 is 0. The summed E-state index contributed by atoms with van der Waals surface area (Å²) in [5.74, 6) is -0.887. The van der Waals surface area contributed by atoms with Crippen LogP contribution in [0.2, 0.25) is 0 Å². The minimum Gasteiger partial charge on any atom is -0.480 e. The molecule has 0 radical (unpaired) electrons. The van der Waals surface area contributed by atoms with Gasteiger partial charge < -0.3 is 5.11 Å². The molecule has 0 saturated heterocycles. The second-order valence-electron chi connectivity index (χ2n) is 3.13. The lowest BCUT2D eigenvalue weighted by molar-refractivity contribution is -0.139. The maximum absolute atomic E-state index is 10.5. The van der Waals surface area contributed by atoms with Crippen LogP contribution in [0.5, 0.6) is 0 Å². The quantitative estimate of drug-likeness (QED) is 0.694. The molecule has 4 heteroatoms. The first-order chi connectivity index (χ1) is 6.02. The monoisotopic (exact) mass is 184 g/mol. The summed E-state index contributed by atoms with van der Waals surface area (Å²) in [6, 6.07) is 1.84. The van der Waals surface area contributed by atoms with E-state index in [4.69, 9.17) is 10.4 Å². The lowest BCUT2D eigenvalue weighted by Gasteiger charge is -2.28. The summed E-state index contributed by atoms with van der Waals surface area (Å²) in [6.45, 7) is 5.55. The van der Waals surface area contributed by atoms with Gasteiger partial charge in [0, 0.05) is 6.04 Å². The number of carboxylic acid groups (broad SMARTS) is 1. The van der Waals surface area contributed by atoms with Gasteiger partial charge in [-0.05, 0) is 20.3 Å². The number of carboxylic acids is 1. The number of nitriles is 1. The van der Waals surface area contributed by atoms with Crippen LogP contribution in [0.3, 0.4) is 0 Å². The van der Waals surface area contributed by atoms with E-state index < -0.39 is 5.97 Å². The average Bonchev–Trinajstić information content (AvgIpc) is 2.11. The molecule has 0 aliphatic rings. The van der Waals surface area contributed by atoms with Crippen molar-refractivity contribution in [3.8, 4) is 6.07 Å². The van der Waals surface area contributed by atoms with Crippen LogP contribution < -0.4 is 0 Å². The third-order valence-corrected chi connectivity index (χ3v) is 2.16. The fourth-order valence-corrected chi connectivity index (χ4v) is 1.14. The largest absolute Gasteiger partial charge is 0.480 e. The van der Waals surface area contributed by atoms with Gasteiger partial charge in [-0.15, -0.1) is 0 Å². The minimum absolute atomic E-state index is 0.0657. The SMILES string of the molecule is CCC(C)N(CC(=O)O)C(C)C#N. The molecule has 2 atom stereocenters. The van der Waals surface area contributed by atoms with Crippen molar-refractivity contribution in [3.63, 3.8) is 0 Å². The highest BCUT2D eigenvalue weighted by molar-refractivity contribution is 5.69. The molecular formula is C9H16N2O2. The Bertz CT molecular complexity index is 210. The summed E-state index contributed by atoms with van der Waals surface area (Å²) >= 11 is 0. The first-order valence-corrected chi connectivity index (χ1v) is 4.40. The molecule has 4 nitrogen and oxygen atoms in total.